The van der Waals surface area contributed by atoms with E-state index in [0.29, 0.717) is 19.8 Å². The quantitative estimate of drug-likeness (QED) is 0.872. The van der Waals surface area contributed by atoms with E-state index in [2.05, 4.69) is 24.0 Å². The average Bonchev–Trinajstić information content (AvgIpc) is 2.47. The van der Waals surface area contributed by atoms with Crippen LogP contribution in [0.5, 0.6) is 5.75 Å². The van der Waals surface area contributed by atoms with Crippen molar-refractivity contribution in [1.82, 2.24) is 4.90 Å². The highest BCUT2D eigenvalue weighted by molar-refractivity contribution is 5.67. The summed E-state index contributed by atoms with van der Waals surface area (Å²) in [6.45, 7) is 6.82. The number of aliphatic carboxylic acids is 1. The summed E-state index contributed by atoms with van der Waals surface area (Å²) in [5, 5.41) is 8.88. The molecule has 0 amide bonds. The second-order valence-corrected chi connectivity index (χ2v) is 5.26. The van der Waals surface area contributed by atoms with E-state index in [1.54, 1.807) is 0 Å². The maximum Gasteiger partial charge on any atom is 0.306 e. The largest absolute Gasteiger partial charge is 0.494 e. The highest BCUT2D eigenvalue weighted by Crippen LogP contribution is 2.25. The van der Waals surface area contributed by atoms with E-state index < -0.39 is 5.97 Å². The lowest BCUT2D eigenvalue weighted by Crippen LogP contribution is -2.44. The third kappa shape index (κ3) is 4.44. The molecule has 1 heterocycles. The maximum absolute atomic E-state index is 10.8. The fourth-order valence-electron chi connectivity index (χ4n) is 2.63. The third-order valence-electron chi connectivity index (χ3n) is 3.79. The van der Waals surface area contributed by atoms with E-state index in [4.69, 9.17) is 14.6 Å². The molecule has 0 bridgehead atoms. The van der Waals surface area contributed by atoms with Crippen LogP contribution in [-0.4, -0.2) is 48.4 Å². The van der Waals surface area contributed by atoms with Crippen molar-refractivity contribution in [2.24, 2.45) is 0 Å². The van der Waals surface area contributed by atoms with Gasteiger partial charge in [0.05, 0.1) is 25.7 Å². The molecule has 1 N–H and O–H groups in total. The summed E-state index contributed by atoms with van der Waals surface area (Å²) >= 11 is 0. The zero-order chi connectivity index (χ0) is 15.2. The predicted octanol–water partition coefficient (Wildman–Crippen LogP) is 2.32. The van der Waals surface area contributed by atoms with Crippen molar-refractivity contribution in [2.75, 3.05) is 26.3 Å². The summed E-state index contributed by atoms with van der Waals surface area (Å²) in [5.74, 6) is 0.0646. The number of ether oxygens (including phenoxy) is 2. The molecular formula is C16H23NO4. The van der Waals surface area contributed by atoms with Crippen LogP contribution in [0.2, 0.25) is 0 Å². The first-order valence-electron chi connectivity index (χ1n) is 7.40. The lowest BCUT2D eigenvalue weighted by molar-refractivity contribution is -0.142. The molecule has 2 atom stereocenters. The Morgan fingerprint density at radius 2 is 2.19 bits per heavy atom. The molecule has 1 aromatic carbocycles. The second-order valence-electron chi connectivity index (χ2n) is 5.26. The number of hydrogen-bond acceptors (Lipinski definition) is 4. The van der Waals surface area contributed by atoms with Crippen LogP contribution in [0, 0.1) is 0 Å². The Kier molecular flexibility index (Phi) is 5.59. The number of carboxylic acids is 1. The van der Waals surface area contributed by atoms with Gasteiger partial charge in [0.25, 0.3) is 0 Å². The zero-order valence-electron chi connectivity index (χ0n) is 12.6. The summed E-state index contributed by atoms with van der Waals surface area (Å²) in [6, 6.07) is 8.32. The molecule has 5 nitrogen and oxygen atoms in total. The second kappa shape index (κ2) is 7.43. The molecule has 2 unspecified atom stereocenters. The van der Waals surface area contributed by atoms with Gasteiger partial charge in [-0.1, -0.05) is 12.1 Å². The molecule has 0 aromatic heterocycles. The van der Waals surface area contributed by atoms with E-state index in [-0.39, 0.29) is 18.6 Å². The van der Waals surface area contributed by atoms with Crippen LogP contribution in [0.4, 0.5) is 0 Å². The van der Waals surface area contributed by atoms with Gasteiger partial charge < -0.3 is 14.6 Å². The van der Waals surface area contributed by atoms with Gasteiger partial charge in [0.2, 0.25) is 0 Å². The van der Waals surface area contributed by atoms with Crippen molar-refractivity contribution in [3.8, 4) is 5.75 Å². The summed E-state index contributed by atoms with van der Waals surface area (Å²) in [7, 11) is 0. The molecule has 1 aliphatic rings. The molecule has 1 aliphatic heterocycles. The van der Waals surface area contributed by atoms with Crippen LogP contribution in [0.25, 0.3) is 0 Å². The third-order valence-corrected chi connectivity index (χ3v) is 3.79. The number of carbonyl (C=O) groups is 1. The van der Waals surface area contributed by atoms with Crippen molar-refractivity contribution in [1.29, 1.82) is 0 Å². The minimum Gasteiger partial charge on any atom is -0.494 e. The fraction of sp³-hybridized carbons (Fsp3) is 0.562. The van der Waals surface area contributed by atoms with Crippen LogP contribution >= 0.6 is 0 Å². The van der Waals surface area contributed by atoms with Crippen LogP contribution < -0.4 is 4.74 Å². The van der Waals surface area contributed by atoms with Gasteiger partial charge in [-0.25, -0.2) is 0 Å². The van der Waals surface area contributed by atoms with E-state index in [1.807, 2.05) is 19.1 Å². The minimum atomic E-state index is -0.810. The Balaban J connectivity index is 1.98. The number of rotatable bonds is 6. The molecule has 5 heteroatoms. The number of nitrogens with zero attached hydrogens (tertiary/aromatic N) is 1. The van der Waals surface area contributed by atoms with Crippen LogP contribution in [-0.2, 0) is 9.53 Å². The summed E-state index contributed by atoms with van der Waals surface area (Å²) in [6.07, 6.45) is -0.159. The Bertz CT molecular complexity index is 460. The molecule has 21 heavy (non-hydrogen) atoms. The first-order valence-corrected chi connectivity index (χ1v) is 7.40. The Morgan fingerprint density at radius 1 is 1.48 bits per heavy atom. The monoisotopic (exact) mass is 293 g/mol. The lowest BCUT2D eigenvalue weighted by atomic mass is 10.0. The van der Waals surface area contributed by atoms with Gasteiger partial charge in [-0.05, 0) is 31.5 Å². The summed E-state index contributed by atoms with van der Waals surface area (Å²) in [4.78, 5) is 13.1. The Labute approximate surface area is 125 Å². The average molecular weight is 293 g/mol. The topological polar surface area (TPSA) is 59.0 Å². The van der Waals surface area contributed by atoms with Gasteiger partial charge in [0.1, 0.15) is 5.75 Å². The van der Waals surface area contributed by atoms with Crippen LogP contribution in [0.15, 0.2) is 24.3 Å². The van der Waals surface area contributed by atoms with Crippen molar-refractivity contribution < 1.29 is 19.4 Å². The van der Waals surface area contributed by atoms with Crippen molar-refractivity contribution >= 4 is 5.97 Å². The van der Waals surface area contributed by atoms with Gasteiger partial charge in [0, 0.05) is 19.1 Å². The zero-order valence-corrected chi connectivity index (χ0v) is 12.6. The molecule has 0 saturated carbocycles. The number of hydrogen-bond donors (Lipinski definition) is 1. The first kappa shape index (κ1) is 15.8. The van der Waals surface area contributed by atoms with Crippen molar-refractivity contribution in [3.63, 3.8) is 0 Å². The van der Waals surface area contributed by atoms with Crippen LogP contribution in [0.3, 0.4) is 0 Å². The van der Waals surface area contributed by atoms with Gasteiger partial charge in [-0.15, -0.1) is 0 Å². The number of morpholine rings is 1. The Morgan fingerprint density at radius 3 is 2.81 bits per heavy atom. The standard InChI is InChI=1S/C16H23NO4/c1-3-20-14-6-4-13(5-7-14)12(2)17-8-9-21-15(11-17)10-16(18)19/h4-7,12,15H,3,8-11H2,1-2H3,(H,18,19). The molecule has 0 radical (unpaired) electrons. The molecule has 1 fully saturated rings. The SMILES string of the molecule is CCOc1ccc(C(C)N2CCOC(CC(=O)O)C2)cc1. The van der Waals surface area contributed by atoms with Gasteiger partial charge in [-0.2, -0.15) is 0 Å². The number of carboxylic acid groups (broad SMARTS) is 1. The van der Waals surface area contributed by atoms with E-state index in [0.717, 1.165) is 12.3 Å². The maximum atomic E-state index is 10.8. The van der Waals surface area contributed by atoms with E-state index >= 15 is 0 Å². The summed E-state index contributed by atoms with van der Waals surface area (Å²) < 4.78 is 11.0. The van der Waals surface area contributed by atoms with Gasteiger partial charge >= 0.3 is 5.97 Å². The normalized spacial score (nSPS) is 21.0. The minimum absolute atomic E-state index is 0.0620. The van der Waals surface area contributed by atoms with Crippen LogP contribution in [0.1, 0.15) is 31.9 Å². The lowest BCUT2D eigenvalue weighted by Gasteiger charge is -2.36. The molecular weight excluding hydrogens is 270 g/mol. The molecule has 116 valence electrons. The summed E-state index contributed by atoms with van der Waals surface area (Å²) in [5.41, 5.74) is 1.20. The fourth-order valence-corrected chi connectivity index (χ4v) is 2.63. The molecule has 0 aliphatic carbocycles. The van der Waals surface area contributed by atoms with Gasteiger partial charge in [0.15, 0.2) is 0 Å². The van der Waals surface area contributed by atoms with Crippen molar-refractivity contribution in [3.05, 3.63) is 29.8 Å². The highest BCUT2D eigenvalue weighted by atomic mass is 16.5. The Hall–Kier alpha value is -1.59. The first-order chi connectivity index (χ1) is 10.1. The highest BCUT2D eigenvalue weighted by Gasteiger charge is 2.26. The molecule has 1 saturated heterocycles. The smallest absolute Gasteiger partial charge is 0.306 e. The predicted molar refractivity (Wildman–Crippen MR) is 79.6 cm³/mol. The molecule has 0 spiro atoms. The van der Waals surface area contributed by atoms with Crippen molar-refractivity contribution in [2.45, 2.75) is 32.4 Å². The van der Waals surface area contributed by atoms with Gasteiger partial charge in [-0.3, -0.25) is 9.69 Å². The molecule has 2 rings (SSSR count). The molecule has 1 aromatic rings. The van der Waals surface area contributed by atoms with E-state index in [9.17, 15) is 4.79 Å². The van der Waals surface area contributed by atoms with E-state index in [1.165, 1.54) is 5.56 Å². The number of benzene rings is 1.